The number of unbranched alkanes of at least 4 members (excludes halogenated alkanes) is 48. The molecule has 0 aromatic heterocycles. The van der Waals surface area contributed by atoms with E-state index in [0.29, 0.717) is 38.9 Å². The average Bonchev–Trinajstić information content (AvgIpc) is 2.22. The van der Waals surface area contributed by atoms with Crippen LogP contribution in [0.15, 0.2) is 12.2 Å². The standard InChI is InChI=1S/C88H170N2O8/c1-8-14-20-26-32-34-36-48-64-78-95-85(91)70-58-50-62-76-89(74-60-46-38-44-56-72-87(93)97-83(66-52-40-28-22-16-10-3)67-53-41-29-23-17-11-4)80-82(7)81-90(77-63-51-59-71-86(92)96-79-65-49-37-35-33-27-21-15-9-2)75-61-47-39-45-57-73-88(94)98-84(68-54-42-30-24-18-12-5)69-55-43-31-25-19-13-6/h83-84H,7-81H2,1-6H3. The summed E-state index contributed by atoms with van der Waals surface area (Å²) in [7, 11) is 0. The average molecular weight is 1380 g/mol. The number of carbonyl (C=O) groups is 4. The molecule has 0 saturated heterocycles. The van der Waals surface area contributed by atoms with Crippen LogP contribution in [0.4, 0.5) is 0 Å². The van der Waals surface area contributed by atoms with Gasteiger partial charge in [-0.3, -0.25) is 29.0 Å². The second-order valence-corrected chi connectivity index (χ2v) is 30.5. The van der Waals surface area contributed by atoms with E-state index >= 15 is 0 Å². The van der Waals surface area contributed by atoms with Crippen molar-refractivity contribution in [2.75, 3.05) is 52.5 Å². The number of hydrogen-bond acceptors (Lipinski definition) is 10. The predicted molar refractivity (Wildman–Crippen MR) is 422 cm³/mol. The molecule has 10 nitrogen and oxygen atoms in total. The van der Waals surface area contributed by atoms with Crippen molar-refractivity contribution in [3.63, 3.8) is 0 Å². The first-order chi connectivity index (χ1) is 48.1. The van der Waals surface area contributed by atoms with Crippen LogP contribution in [0.1, 0.15) is 465 Å². The Labute approximate surface area is 610 Å². The van der Waals surface area contributed by atoms with Gasteiger partial charge in [-0.1, -0.05) is 331 Å². The Kier molecular flexibility index (Phi) is 76.7. The van der Waals surface area contributed by atoms with E-state index in [0.717, 1.165) is 219 Å². The van der Waals surface area contributed by atoms with Gasteiger partial charge in [-0.05, 0) is 147 Å². The molecule has 0 aromatic rings. The van der Waals surface area contributed by atoms with E-state index in [1.165, 1.54) is 224 Å². The third-order valence-corrected chi connectivity index (χ3v) is 20.5. The summed E-state index contributed by atoms with van der Waals surface area (Å²) in [6.07, 6.45) is 75.7. The van der Waals surface area contributed by atoms with Gasteiger partial charge in [0.25, 0.3) is 0 Å². The zero-order valence-electron chi connectivity index (χ0n) is 66.8. The predicted octanol–water partition coefficient (Wildman–Crippen LogP) is 26.9. The van der Waals surface area contributed by atoms with Crippen LogP contribution in [0.3, 0.4) is 0 Å². The summed E-state index contributed by atoms with van der Waals surface area (Å²) in [5, 5.41) is 0. The first-order valence-corrected chi connectivity index (χ1v) is 43.9. The number of carbonyl (C=O) groups excluding carboxylic acids is 4. The normalized spacial score (nSPS) is 11.7. The van der Waals surface area contributed by atoms with Crippen LogP contribution in [-0.4, -0.2) is 98.4 Å². The smallest absolute Gasteiger partial charge is 0.306 e. The van der Waals surface area contributed by atoms with Gasteiger partial charge < -0.3 is 18.9 Å². The van der Waals surface area contributed by atoms with Crippen molar-refractivity contribution in [2.24, 2.45) is 0 Å². The van der Waals surface area contributed by atoms with Crippen molar-refractivity contribution in [1.29, 1.82) is 0 Å². The Morgan fingerprint density at radius 3 is 0.694 bits per heavy atom. The second-order valence-electron chi connectivity index (χ2n) is 30.5. The van der Waals surface area contributed by atoms with Gasteiger partial charge in [-0.25, -0.2) is 0 Å². The van der Waals surface area contributed by atoms with Crippen LogP contribution in [0, 0.1) is 0 Å². The molecular weight excluding hydrogens is 1210 g/mol. The first-order valence-electron chi connectivity index (χ1n) is 43.9. The number of rotatable bonds is 82. The Bertz CT molecular complexity index is 1540. The quantitative estimate of drug-likeness (QED) is 0.0253. The number of hydrogen-bond donors (Lipinski definition) is 0. The summed E-state index contributed by atoms with van der Waals surface area (Å²) in [5.41, 5.74) is 1.25. The van der Waals surface area contributed by atoms with Crippen molar-refractivity contribution in [2.45, 2.75) is 478 Å². The largest absolute Gasteiger partial charge is 0.466 e. The van der Waals surface area contributed by atoms with Gasteiger partial charge in [0.05, 0.1) is 13.2 Å². The molecule has 0 aliphatic heterocycles. The molecule has 0 bridgehead atoms. The minimum absolute atomic E-state index is 0.00652. The fourth-order valence-electron chi connectivity index (χ4n) is 14.0. The molecule has 0 aliphatic carbocycles. The molecule has 0 N–H and O–H groups in total. The highest BCUT2D eigenvalue weighted by Crippen LogP contribution is 2.22. The molecule has 0 heterocycles. The summed E-state index contributed by atoms with van der Waals surface area (Å²) in [5.74, 6) is -0.0802. The lowest BCUT2D eigenvalue weighted by Gasteiger charge is -2.28. The Morgan fingerprint density at radius 1 is 0.245 bits per heavy atom. The van der Waals surface area contributed by atoms with Gasteiger partial charge in [0, 0.05) is 38.8 Å². The van der Waals surface area contributed by atoms with Crippen molar-refractivity contribution in [3.05, 3.63) is 12.2 Å². The van der Waals surface area contributed by atoms with E-state index in [2.05, 4.69) is 51.3 Å². The number of ether oxygens (including phenoxy) is 4. The molecular formula is C88H170N2O8. The minimum Gasteiger partial charge on any atom is -0.466 e. The van der Waals surface area contributed by atoms with Crippen molar-refractivity contribution < 1.29 is 38.1 Å². The fourth-order valence-corrected chi connectivity index (χ4v) is 14.0. The first kappa shape index (κ1) is 95.5. The van der Waals surface area contributed by atoms with E-state index in [1.54, 1.807) is 0 Å². The lowest BCUT2D eigenvalue weighted by Crippen LogP contribution is -2.34. The maximum absolute atomic E-state index is 13.2. The van der Waals surface area contributed by atoms with E-state index < -0.39 is 0 Å². The molecule has 0 aromatic carbocycles. The summed E-state index contributed by atoms with van der Waals surface area (Å²) in [6.45, 7) is 25.2. The molecule has 0 spiro atoms. The lowest BCUT2D eigenvalue weighted by molar-refractivity contribution is -0.151. The maximum Gasteiger partial charge on any atom is 0.306 e. The van der Waals surface area contributed by atoms with Gasteiger partial charge in [0.1, 0.15) is 12.2 Å². The molecule has 0 unspecified atom stereocenters. The van der Waals surface area contributed by atoms with E-state index in [9.17, 15) is 19.2 Å². The molecule has 0 rings (SSSR count). The molecule has 580 valence electrons. The second kappa shape index (κ2) is 78.7. The van der Waals surface area contributed by atoms with Crippen molar-refractivity contribution in [1.82, 2.24) is 9.80 Å². The third kappa shape index (κ3) is 71.9. The highest BCUT2D eigenvalue weighted by atomic mass is 16.6. The van der Waals surface area contributed by atoms with Crippen LogP contribution in [-0.2, 0) is 38.1 Å². The summed E-state index contributed by atoms with van der Waals surface area (Å²) < 4.78 is 23.7. The zero-order chi connectivity index (χ0) is 71.4. The molecule has 98 heavy (non-hydrogen) atoms. The fraction of sp³-hybridized carbons (Fsp3) is 0.932. The zero-order valence-corrected chi connectivity index (χ0v) is 66.8. The third-order valence-electron chi connectivity index (χ3n) is 20.5. The van der Waals surface area contributed by atoms with Gasteiger partial charge in [0.2, 0.25) is 0 Å². The molecule has 0 radical (unpaired) electrons. The van der Waals surface area contributed by atoms with E-state index in [4.69, 9.17) is 25.5 Å². The molecule has 0 fully saturated rings. The molecule has 10 heteroatoms. The van der Waals surface area contributed by atoms with E-state index in [1.807, 2.05) is 0 Å². The van der Waals surface area contributed by atoms with Gasteiger partial charge in [0.15, 0.2) is 0 Å². The topological polar surface area (TPSA) is 112 Å². The minimum atomic E-state index is -0.0466. The van der Waals surface area contributed by atoms with Crippen LogP contribution in [0.2, 0.25) is 0 Å². The summed E-state index contributed by atoms with van der Waals surface area (Å²) in [4.78, 5) is 57.2. The molecule has 0 atom stereocenters. The lowest BCUT2D eigenvalue weighted by atomic mass is 10.0. The molecule has 0 aliphatic rings. The SMILES string of the molecule is C=C(CN(CCCCCCCC(=O)OC(CCCCCCCC)CCCCCCCC)CCCCCC(=O)OCCCCCCCCCCC)CN(CCCCCCCC(=O)OC(CCCCCCCC)CCCCCCCC)CCCCCC(=O)OCCCCCCCCCCC. The van der Waals surface area contributed by atoms with Crippen LogP contribution >= 0.6 is 0 Å². The van der Waals surface area contributed by atoms with Crippen molar-refractivity contribution in [3.8, 4) is 0 Å². The molecule has 0 amide bonds. The van der Waals surface area contributed by atoms with Gasteiger partial charge >= 0.3 is 23.9 Å². The highest BCUT2D eigenvalue weighted by Gasteiger charge is 2.18. The number of nitrogens with zero attached hydrogens (tertiary/aromatic N) is 2. The maximum atomic E-state index is 13.2. The summed E-state index contributed by atoms with van der Waals surface area (Å²) >= 11 is 0. The van der Waals surface area contributed by atoms with Crippen LogP contribution in [0.5, 0.6) is 0 Å². The monoisotopic (exact) mass is 1380 g/mol. The van der Waals surface area contributed by atoms with E-state index in [-0.39, 0.29) is 36.1 Å². The Morgan fingerprint density at radius 2 is 0.439 bits per heavy atom. The summed E-state index contributed by atoms with van der Waals surface area (Å²) in [6, 6.07) is 0. The van der Waals surface area contributed by atoms with Crippen LogP contribution in [0.25, 0.3) is 0 Å². The Hall–Kier alpha value is -2.46. The highest BCUT2D eigenvalue weighted by molar-refractivity contribution is 5.70. The van der Waals surface area contributed by atoms with Crippen LogP contribution < -0.4 is 0 Å². The van der Waals surface area contributed by atoms with Gasteiger partial charge in [-0.2, -0.15) is 0 Å². The Balaban J connectivity index is 5.69. The van der Waals surface area contributed by atoms with Crippen molar-refractivity contribution >= 4 is 23.9 Å². The molecule has 0 saturated carbocycles. The number of esters is 4. The van der Waals surface area contributed by atoms with Gasteiger partial charge in [-0.15, -0.1) is 0 Å².